The number of carbonyl (C=O) groups is 2. The molecule has 2 N–H and O–H groups in total. The Labute approximate surface area is 162 Å². The second-order valence-electron chi connectivity index (χ2n) is 6.29. The lowest BCUT2D eigenvalue weighted by atomic mass is 10.1. The van der Waals surface area contributed by atoms with Crippen molar-refractivity contribution in [2.75, 3.05) is 10.6 Å². The normalized spacial score (nSPS) is 10.5. The number of rotatable bonds is 5. The molecule has 0 saturated heterocycles. The van der Waals surface area contributed by atoms with E-state index in [9.17, 15) is 9.59 Å². The minimum absolute atomic E-state index is 0.0710. The van der Waals surface area contributed by atoms with Crippen molar-refractivity contribution >= 4 is 34.5 Å². The van der Waals surface area contributed by atoms with Crippen molar-refractivity contribution in [1.82, 2.24) is 4.98 Å². The number of aryl methyl sites for hydroxylation is 2. The van der Waals surface area contributed by atoms with Crippen molar-refractivity contribution in [3.8, 4) is 10.6 Å². The summed E-state index contributed by atoms with van der Waals surface area (Å²) in [6.07, 6.45) is 0.399. The molecule has 0 saturated carbocycles. The predicted octanol–water partition coefficient (Wildman–Crippen LogP) is 5.03. The van der Waals surface area contributed by atoms with Gasteiger partial charge in [-0.05, 0) is 31.5 Å². The largest absolute Gasteiger partial charge is 0.326 e. The summed E-state index contributed by atoms with van der Waals surface area (Å²) in [4.78, 5) is 28.6. The Morgan fingerprint density at radius 2 is 1.78 bits per heavy atom. The Kier molecular flexibility index (Phi) is 5.66. The van der Waals surface area contributed by atoms with Crippen LogP contribution >= 0.6 is 11.3 Å². The summed E-state index contributed by atoms with van der Waals surface area (Å²) in [5, 5.41) is 8.24. The molecule has 0 aliphatic heterocycles. The van der Waals surface area contributed by atoms with Crippen LogP contribution in [0.15, 0.2) is 47.8 Å². The minimum Gasteiger partial charge on any atom is -0.326 e. The molecular formula is C21H21N3O2S. The first kappa shape index (κ1) is 18.8. The number of carbonyl (C=O) groups excluding carboxylic acids is 2. The van der Waals surface area contributed by atoms with Gasteiger partial charge in [0.2, 0.25) is 5.91 Å². The number of thiazole rings is 1. The fourth-order valence-electron chi connectivity index (χ4n) is 2.48. The molecule has 0 aliphatic rings. The molecule has 27 heavy (non-hydrogen) atoms. The fraction of sp³-hybridized carbons (Fsp3) is 0.190. The molecular weight excluding hydrogens is 358 g/mol. The van der Waals surface area contributed by atoms with Crippen LogP contribution in [0, 0.1) is 13.8 Å². The Morgan fingerprint density at radius 1 is 1.04 bits per heavy atom. The molecule has 0 radical (unpaired) electrons. The predicted molar refractivity (Wildman–Crippen MR) is 110 cm³/mol. The molecule has 1 heterocycles. The summed E-state index contributed by atoms with van der Waals surface area (Å²) in [7, 11) is 0. The van der Waals surface area contributed by atoms with Gasteiger partial charge in [-0.15, -0.1) is 11.3 Å². The average Bonchev–Trinajstić information content (AvgIpc) is 3.15. The van der Waals surface area contributed by atoms with Crippen LogP contribution in [0.4, 0.5) is 11.4 Å². The van der Waals surface area contributed by atoms with Gasteiger partial charge in [-0.1, -0.05) is 42.8 Å². The quantitative estimate of drug-likeness (QED) is 0.653. The second kappa shape index (κ2) is 8.14. The Bertz CT molecular complexity index is 977. The first-order valence-corrected chi connectivity index (χ1v) is 9.58. The number of anilines is 2. The van der Waals surface area contributed by atoms with Gasteiger partial charge in [0.05, 0.1) is 0 Å². The minimum atomic E-state index is -0.272. The van der Waals surface area contributed by atoms with Crippen molar-refractivity contribution < 1.29 is 9.59 Å². The summed E-state index contributed by atoms with van der Waals surface area (Å²) in [5.41, 5.74) is 4.76. The third kappa shape index (κ3) is 4.60. The average molecular weight is 379 g/mol. The lowest BCUT2D eigenvalue weighted by Crippen LogP contribution is -2.14. The second-order valence-corrected chi connectivity index (χ2v) is 7.15. The van der Waals surface area contributed by atoms with Crippen molar-refractivity contribution in [2.24, 2.45) is 0 Å². The maximum atomic E-state index is 12.6. The molecule has 1 aromatic heterocycles. The van der Waals surface area contributed by atoms with Crippen LogP contribution in [0.5, 0.6) is 0 Å². The number of hydrogen-bond acceptors (Lipinski definition) is 4. The van der Waals surface area contributed by atoms with Crippen LogP contribution in [-0.2, 0) is 4.79 Å². The molecule has 2 aromatic carbocycles. The number of hydrogen-bond donors (Lipinski definition) is 2. The molecule has 138 valence electrons. The molecule has 0 aliphatic carbocycles. The van der Waals surface area contributed by atoms with E-state index in [0.29, 0.717) is 23.5 Å². The van der Waals surface area contributed by atoms with Crippen LogP contribution in [0.2, 0.25) is 0 Å². The van der Waals surface area contributed by atoms with E-state index in [2.05, 4.69) is 15.6 Å². The zero-order valence-electron chi connectivity index (χ0n) is 15.5. The van der Waals surface area contributed by atoms with Gasteiger partial charge in [0.15, 0.2) is 0 Å². The zero-order chi connectivity index (χ0) is 19.4. The lowest BCUT2D eigenvalue weighted by Gasteiger charge is -2.10. The summed E-state index contributed by atoms with van der Waals surface area (Å²) >= 11 is 1.44. The van der Waals surface area contributed by atoms with Gasteiger partial charge in [-0.3, -0.25) is 9.59 Å². The number of benzene rings is 2. The first-order chi connectivity index (χ1) is 13.0. The molecule has 6 heteroatoms. The van der Waals surface area contributed by atoms with Gasteiger partial charge < -0.3 is 10.6 Å². The van der Waals surface area contributed by atoms with E-state index in [0.717, 1.165) is 16.1 Å². The van der Waals surface area contributed by atoms with Gasteiger partial charge in [0.1, 0.15) is 10.7 Å². The number of nitrogens with zero attached hydrogens (tertiary/aromatic N) is 1. The van der Waals surface area contributed by atoms with E-state index in [-0.39, 0.29) is 11.8 Å². The molecule has 0 atom stereocenters. The molecule has 0 spiro atoms. The number of aromatic nitrogens is 1. The summed E-state index contributed by atoms with van der Waals surface area (Å²) in [6.45, 7) is 5.73. The highest BCUT2D eigenvalue weighted by Crippen LogP contribution is 2.25. The van der Waals surface area contributed by atoms with E-state index in [1.54, 1.807) is 18.4 Å². The fourth-order valence-corrected chi connectivity index (χ4v) is 3.28. The molecule has 0 unspecified atom stereocenters. The molecule has 2 amide bonds. The van der Waals surface area contributed by atoms with Gasteiger partial charge in [0, 0.05) is 28.7 Å². The van der Waals surface area contributed by atoms with Crippen molar-refractivity contribution in [3.05, 3.63) is 64.7 Å². The van der Waals surface area contributed by atoms with Crippen molar-refractivity contribution in [1.29, 1.82) is 0 Å². The van der Waals surface area contributed by atoms with E-state index in [1.165, 1.54) is 16.9 Å². The third-order valence-corrected chi connectivity index (χ3v) is 5.02. The third-order valence-electron chi connectivity index (χ3n) is 4.13. The van der Waals surface area contributed by atoms with Crippen LogP contribution in [-0.4, -0.2) is 16.8 Å². The summed E-state index contributed by atoms with van der Waals surface area (Å²) in [6, 6.07) is 13.5. The number of nitrogens with one attached hydrogen (secondary N) is 2. The molecule has 0 fully saturated rings. The zero-order valence-corrected chi connectivity index (χ0v) is 16.3. The van der Waals surface area contributed by atoms with Gasteiger partial charge in [-0.25, -0.2) is 4.98 Å². The highest BCUT2D eigenvalue weighted by molar-refractivity contribution is 7.13. The first-order valence-electron chi connectivity index (χ1n) is 8.70. The standard InChI is InChI=1S/C21H21N3O2S/c1-4-19(25)22-16-10-7-14(3)17(11-16)23-20(26)18-12-27-21(24-18)15-8-5-13(2)6-9-15/h5-12H,4H2,1-3H3,(H,22,25)(H,23,26). The lowest BCUT2D eigenvalue weighted by molar-refractivity contribution is -0.115. The molecule has 5 nitrogen and oxygen atoms in total. The highest BCUT2D eigenvalue weighted by Gasteiger charge is 2.14. The van der Waals surface area contributed by atoms with Gasteiger partial charge >= 0.3 is 0 Å². The Hall–Kier alpha value is -2.99. The van der Waals surface area contributed by atoms with Gasteiger partial charge in [0.25, 0.3) is 5.91 Å². The SMILES string of the molecule is CCC(=O)Nc1ccc(C)c(NC(=O)c2csc(-c3ccc(C)cc3)n2)c1. The summed E-state index contributed by atoms with van der Waals surface area (Å²) < 4.78 is 0. The highest BCUT2D eigenvalue weighted by atomic mass is 32.1. The molecule has 3 aromatic rings. The monoisotopic (exact) mass is 379 g/mol. The van der Waals surface area contributed by atoms with Crippen LogP contribution in [0.3, 0.4) is 0 Å². The van der Waals surface area contributed by atoms with Crippen LogP contribution in [0.1, 0.15) is 35.0 Å². The van der Waals surface area contributed by atoms with Crippen molar-refractivity contribution in [2.45, 2.75) is 27.2 Å². The van der Waals surface area contributed by atoms with E-state index < -0.39 is 0 Å². The molecule has 0 bridgehead atoms. The van der Waals surface area contributed by atoms with E-state index >= 15 is 0 Å². The molecule has 3 rings (SSSR count). The maximum absolute atomic E-state index is 12.6. The Balaban J connectivity index is 1.76. The number of amides is 2. The van der Waals surface area contributed by atoms with Gasteiger partial charge in [-0.2, -0.15) is 0 Å². The smallest absolute Gasteiger partial charge is 0.275 e. The summed E-state index contributed by atoms with van der Waals surface area (Å²) in [5.74, 6) is -0.343. The Morgan fingerprint density at radius 3 is 2.48 bits per heavy atom. The topological polar surface area (TPSA) is 71.1 Å². The maximum Gasteiger partial charge on any atom is 0.275 e. The van der Waals surface area contributed by atoms with E-state index in [1.807, 2.05) is 50.2 Å². The van der Waals surface area contributed by atoms with Crippen LogP contribution in [0.25, 0.3) is 10.6 Å². The van der Waals surface area contributed by atoms with E-state index in [4.69, 9.17) is 0 Å². The van der Waals surface area contributed by atoms with Crippen molar-refractivity contribution in [3.63, 3.8) is 0 Å². The van der Waals surface area contributed by atoms with Crippen LogP contribution < -0.4 is 10.6 Å².